The summed E-state index contributed by atoms with van der Waals surface area (Å²) in [6.07, 6.45) is 0. The summed E-state index contributed by atoms with van der Waals surface area (Å²) in [5, 5.41) is 0.653. The SMILES string of the molecule is COc1ccc(-c2nc(C)c(C(C)N)s2)c(F)c1. The van der Waals surface area contributed by atoms with Crippen LogP contribution in [0.15, 0.2) is 18.2 Å². The van der Waals surface area contributed by atoms with Gasteiger partial charge in [0.2, 0.25) is 0 Å². The number of hydrogen-bond acceptors (Lipinski definition) is 4. The minimum absolute atomic E-state index is 0.0856. The highest BCUT2D eigenvalue weighted by Gasteiger charge is 2.15. The molecule has 0 amide bonds. The Balaban J connectivity index is 2.46. The molecule has 2 aromatic rings. The van der Waals surface area contributed by atoms with Crippen molar-refractivity contribution in [2.75, 3.05) is 7.11 Å². The van der Waals surface area contributed by atoms with Crippen LogP contribution < -0.4 is 10.5 Å². The van der Waals surface area contributed by atoms with Crippen molar-refractivity contribution in [2.24, 2.45) is 5.73 Å². The molecular formula is C13H15FN2OS. The van der Waals surface area contributed by atoms with Gasteiger partial charge in [0.15, 0.2) is 0 Å². The molecule has 1 heterocycles. The first kappa shape index (κ1) is 13.0. The Kier molecular flexibility index (Phi) is 3.63. The van der Waals surface area contributed by atoms with Crippen molar-refractivity contribution in [2.45, 2.75) is 19.9 Å². The van der Waals surface area contributed by atoms with E-state index in [1.165, 1.54) is 24.5 Å². The number of hydrogen-bond donors (Lipinski definition) is 1. The smallest absolute Gasteiger partial charge is 0.137 e. The van der Waals surface area contributed by atoms with E-state index in [0.717, 1.165) is 10.6 Å². The number of halogens is 1. The number of thiazole rings is 1. The van der Waals surface area contributed by atoms with Crippen molar-refractivity contribution in [1.29, 1.82) is 0 Å². The summed E-state index contributed by atoms with van der Waals surface area (Å²) in [7, 11) is 1.51. The van der Waals surface area contributed by atoms with Crippen molar-refractivity contribution in [1.82, 2.24) is 4.98 Å². The third kappa shape index (κ3) is 2.37. The quantitative estimate of drug-likeness (QED) is 0.927. The maximum absolute atomic E-state index is 13.9. The van der Waals surface area contributed by atoms with Crippen molar-refractivity contribution in [3.05, 3.63) is 34.6 Å². The molecule has 0 bridgehead atoms. The molecule has 18 heavy (non-hydrogen) atoms. The van der Waals surface area contributed by atoms with Gasteiger partial charge in [-0.3, -0.25) is 0 Å². The van der Waals surface area contributed by atoms with Gasteiger partial charge in [0.25, 0.3) is 0 Å². The van der Waals surface area contributed by atoms with Crippen molar-refractivity contribution >= 4 is 11.3 Å². The Hall–Kier alpha value is -1.46. The Labute approximate surface area is 109 Å². The molecule has 2 rings (SSSR count). The van der Waals surface area contributed by atoms with Crippen LogP contribution in [0.1, 0.15) is 23.5 Å². The molecule has 0 saturated heterocycles. The lowest BCUT2D eigenvalue weighted by Gasteiger charge is -2.03. The van der Waals surface area contributed by atoms with E-state index in [0.29, 0.717) is 16.3 Å². The topological polar surface area (TPSA) is 48.1 Å². The summed E-state index contributed by atoms with van der Waals surface area (Å²) in [5.74, 6) is 0.163. The van der Waals surface area contributed by atoms with Crippen molar-refractivity contribution in [3.8, 4) is 16.3 Å². The van der Waals surface area contributed by atoms with Crippen LogP contribution in [-0.4, -0.2) is 12.1 Å². The van der Waals surface area contributed by atoms with Crippen LogP contribution >= 0.6 is 11.3 Å². The maximum Gasteiger partial charge on any atom is 0.137 e. The fraction of sp³-hybridized carbons (Fsp3) is 0.308. The molecular weight excluding hydrogens is 251 g/mol. The van der Waals surface area contributed by atoms with Crippen LogP contribution in [0.25, 0.3) is 10.6 Å². The molecule has 0 aliphatic rings. The largest absolute Gasteiger partial charge is 0.497 e. The number of nitrogens with two attached hydrogens (primary N) is 1. The van der Waals surface area contributed by atoms with Gasteiger partial charge in [0, 0.05) is 22.5 Å². The van der Waals surface area contributed by atoms with Gasteiger partial charge in [0.1, 0.15) is 16.6 Å². The van der Waals surface area contributed by atoms with Gasteiger partial charge in [-0.2, -0.15) is 0 Å². The predicted molar refractivity (Wildman–Crippen MR) is 71.4 cm³/mol. The summed E-state index contributed by atoms with van der Waals surface area (Å²) < 4.78 is 18.9. The Morgan fingerprint density at radius 3 is 2.67 bits per heavy atom. The number of methoxy groups -OCH3 is 1. The van der Waals surface area contributed by atoms with Gasteiger partial charge in [-0.1, -0.05) is 0 Å². The minimum Gasteiger partial charge on any atom is -0.497 e. The first-order chi connectivity index (χ1) is 8.52. The number of aryl methyl sites for hydroxylation is 1. The lowest BCUT2D eigenvalue weighted by Crippen LogP contribution is -2.03. The first-order valence-electron chi connectivity index (χ1n) is 5.59. The van der Waals surface area contributed by atoms with Gasteiger partial charge in [-0.15, -0.1) is 11.3 Å². The zero-order chi connectivity index (χ0) is 13.3. The lowest BCUT2D eigenvalue weighted by atomic mass is 10.2. The molecule has 0 saturated carbocycles. The maximum atomic E-state index is 13.9. The second-order valence-electron chi connectivity index (χ2n) is 4.10. The minimum atomic E-state index is -0.334. The van der Waals surface area contributed by atoms with Crippen LogP contribution in [0, 0.1) is 12.7 Å². The van der Waals surface area contributed by atoms with Crippen LogP contribution in [0.5, 0.6) is 5.75 Å². The van der Waals surface area contributed by atoms with Gasteiger partial charge >= 0.3 is 0 Å². The zero-order valence-corrected chi connectivity index (χ0v) is 11.3. The highest BCUT2D eigenvalue weighted by atomic mass is 32.1. The third-order valence-electron chi connectivity index (χ3n) is 2.65. The second kappa shape index (κ2) is 5.04. The molecule has 0 aliphatic heterocycles. The van der Waals surface area contributed by atoms with Crippen LogP contribution in [-0.2, 0) is 0 Å². The van der Waals surface area contributed by atoms with Gasteiger partial charge in [0.05, 0.1) is 12.8 Å². The monoisotopic (exact) mass is 266 g/mol. The molecule has 1 unspecified atom stereocenters. The molecule has 1 aromatic carbocycles. The fourth-order valence-corrected chi connectivity index (χ4v) is 2.79. The Morgan fingerprint density at radius 2 is 2.17 bits per heavy atom. The van der Waals surface area contributed by atoms with E-state index < -0.39 is 0 Å². The number of nitrogens with zero attached hydrogens (tertiary/aromatic N) is 1. The molecule has 0 spiro atoms. The summed E-state index contributed by atoms with van der Waals surface area (Å²) >= 11 is 1.43. The average Bonchev–Trinajstić information content (AvgIpc) is 2.71. The lowest BCUT2D eigenvalue weighted by molar-refractivity contribution is 0.411. The van der Waals surface area contributed by atoms with Crippen molar-refractivity contribution in [3.63, 3.8) is 0 Å². The van der Waals surface area contributed by atoms with E-state index in [2.05, 4.69) is 4.98 Å². The van der Waals surface area contributed by atoms with E-state index in [1.54, 1.807) is 12.1 Å². The Bertz CT molecular complexity index is 566. The van der Waals surface area contributed by atoms with Gasteiger partial charge in [-0.05, 0) is 26.0 Å². The normalized spacial score (nSPS) is 12.5. The van der Waals surface area contributed by atoms with E-state index in [9.17, 15) is 4.39 Å². The molecule has 2 N–H and O–H groups in total. The van der Waals surface area contributed by atoms with Crippen molar-refractivity contribution < 1.29 is 9.13 Å². The van der Waals surface area contributed by atoms with Crippen LogP contribution in [0.3, 0.4) is 0 Å². The van der Waals surface area contributed by atoms with E-state index in [-0.39, 0.29) is 11.9 Å². The van der Waals surface area contributed by atoms with Crippen LogP contribution in [0.4, 0.5) is 4.39 Å². The van der Waals surface area contributed by atoms with Gasteiger partial charge in [-0.25, -0.2) is 9.37 Å². The van der Waals surface area contributed by atoms with Gasteiger partial charge < -0.3 is 10.5 Å². The summed E-state index contributed by atoms with van der Waals surface area (Å²) in [6, 6.07) is 4.67. The van der Waals surface area contributed by atoms with E-state index >= 15 is 0 Å². The number of ether oxygens (including phenoxy) is 1. The molecule has 5 heteroatoms. The van der Waals surface area contributed by atoms with E-state index in [1.807, 2.05) is 13.8 Å². The molecule has 3 nitrogen and oxygen atoms in total. The first-order valence-corrected chi connectivity index (χ1v) is 6.41. The number of aromatic nitrogens is 1. The standard InChI is InChI=1S/C13H15FN2OS/c1-7(15)12-8(2)16-13(18-12)10-5-4-9(17-3)6-11(10)14/h4-7H,15H2,1-3H3. The molecule has 0 aliphatic carbocycles. The molecule has 1 atom stereocenters. The number of rotatable bonds is 3. The Morgan fingerprint density at radius 1 is 1.44 bits per heavy atom. The van der Waals surface area contributed by atoms with E-state index in [4.69, 9.17) is 10.5 Å². The second-order valence-corrected chi connectivity index (χ2v) is 5.13. The number of benzene rings is 1. The molecule has 1 aromatic heterocycles. The zero-order valence-electron chi connectivity index (χ0n) is 10.5. The van der Waals surface area contributed by atoms with Crippen LogP contribution in [0.2, 0.25) is 0 Å². The third-order valence-corrected chi connectivity index (χ3v) is 4.04. The summed E-state index contributed by atoms with van der Waals surface area (Å²) in [6.45, 7) is 3.79. The molecule has 0 fully saturated rings. The predicted octanol–water partition coefficient (Wildman–Crippen LogP) is 3.29. The highest BCUT2D eigenvalue weighted by Crippen LogP contribution is 2.33. The highest BCUT2D eigenvalue weighted by molar-refractivity contribution is 7.15. The average molecular weight is 266 g/mol. The molecule has 0 radical (unpaired) electrons. The fourth-order valence-electron chi connectivity index (χ4n) is 1.74. The summed E-state index contributed by atoms with van der Waals surface area (Å²) in [5.41, 5.74) is 7.19. The summed E-state index contributed by atoms with van der Waals surface area (Å²) in [4.78, 5) is 5.36. The molecule has 96 valence electrons.